The maximum atomic E-state index is 11.9. The fraction of sp³-hybridized carbons (Fsp3) is 0.731. The lowest BCUT2D eigenvalue weighted by Gasteiger charge is -2.25. The van der Waals surface area contributed by atoms with E-state index in [9.17, 15) is 4.79 Å². The average Bonchev–Trinajstić information content (AvgIpc) is 3.15. The third kappa shape index (κ3) is 11.0. The molecule has 0 bridgehead atoms. The molecule has 4 nitrogen and oxygen atoms in total. The summed E-state index contributed by atoms with van der Waals surface area (Å²) in [5, 5.41) is 0.222. The van der Waals surface area contributed by atoms with Crippen LogP contribution in [0.4, 0.5) is 0 Å². The van der Waals surface area contributed by atoms with Crippen LogP contribution < -0.4 is 0 Å². The molecule has 0 radical (unpaired) electrons. The standard InChI is InChI=1S/C26H41BrO4/c1-3-4-5-6-7-8-9-10-13-21(2)15-16-22-18-23(19-24(22)31-25(28)20-27)30-26-14-11-12-17-29-26/h9-10,13,15-16,22-24,26H,3-8,11-12,14,17-20H2,1-2H3/b10-9+,16-15+,21-13+/t22-,23+,24-,26?/m0/s1. The number of carbonyl (C=O) groups is 1. The third-order valence-electron chi connectivity index (χ3n) is 5.96. The van der Waals surface area contributed by atoms with E-state index >= 15 is 0 Å². The molecule has 31 heavy (non-hydrogen) atoms. The summed E-state index contributed by atoms with van der Waals surface area (Å²) in [5.74, 6) is -0.0467. The van der Waals surface area contributed by atoms with Crippen LogP contribution in [0, 0.1) is 5.92 Å². The molecule has 0 aromatic carbocycles. The van der Waals surface area contributed by atoms with Crippen LogP contribution in [0.15, 0.2) is 36.0 Å². The quantitative estimate of drug-likeness (QED) is 0.119. The molecule has 1 aliphatic heterocycles. The van der Waals surface area contributed by atoms with Gasteiger partial charge in [0.05, 0.1) is 6.10 Å². The van der Waals surface area contributed by atoms with Crippen LogP contribution in [0.2, 0.25) is 0 Å². The Kier molecular flexibility index (Phi) is 13.4. The molecule has 0 aromatic heterocycles. The maximum absolute atomic E-state index is 11.9. The van der Waals surface area contributed by atoms with Crippen molar-refractivity contribution in [2.45, 2.75) is 103 Å². The first-order valence-corrected chi connectivity index (χ1v) is 13.3. The smallest absolute Gasteiger partial charge is 0.316 e. The minimum absolute atomic E-state index is 0.0720. The van der Waals surface area contributed by atoms with Crippen LogP contribution in [-0.4, -0.2) is 36.4 Å². The largest absolute Gasteiger partial charge is 0.461 e. The lowest BCUT2D eigenvalue weighted by Crippen LogP contribution is -2.27. The minimum atomic E-state index is -0.216. The molecule has 4 atom stereocenters. The highest BCUT2D eigenvalue weighted by Gasteiger charge is 2.37. The van der Waals surface area contributed by atoms with E-state index < -0.39 is 0 Å². The van der Waals surface area contributed by atoms with Crippen molar-refractivity contribution in [2.75, 3.05) is 11.9 Å². The summed E-state index contributed by atoms with van der Waals surface area (Å²) < 4.78 is 17.6. The van der Waals surface area contributed by atoms with Crippen LogP contribution in [0.3, 0.4) is 0 Å². The Bertz CT molecular complexity index is 592. The molecule has 1 saturated carbocycles. The van der Waals surface area contributed by atoms with Crippen LogP contribution in [-0.2, 0) is 19.0 Å². The van der Waals surface area contributed by atoms with Crippen molar-refractivity contribution in [1.82, 2.24) is 0 Å². The van der Waals surface area contributed by atoms with Gasteiger partial charge in [-0.3, -0.25) is 4.79 Å². The second-order valence-electron chi connectivity index (χ2n) is 8.75. The SMILES string of the molecule is CCCCCCC/C=C/C=C(C)/C=C/[C@H]1C[C@@H](OC2CCCCO2)C[C@@H]1OC(=O)CBr. The summed E-state index contributed by atoms with van der Waals surface area (Å²) in [7, 11) is 0. The molecule has 2 aliphatic rings. The fourth-order valence-corrected chi connectivity index (χ4v) is 4.31. The predicted octanol–water partition coefficient (Wildman–Crippen LogP) is 7.03. The number of halogens is 1. The van der Waals surface area contributed by atoms with Gasteiger partial charge in [0.2, 0.25) is 0 Å². The molecular weight excluding hydrogens is 456 g/mol. The van der Waals surface area contributed by atoms with Gasteiger partial charge in [-0.2, -0.15) is 0 Å². The third-order valence-corrected chi connectivity index (χ3v) is 6.42. The van der Waals surface area contributed by atoms with Crippen LogP contribution in [0.25, 0.3) is 0 Å². The van der Waals surface area contributed by atoms with E-state index in [1.807, 2.05) is 0 Å². The van der Waals surface area contributed by atoms with Crippen molar-refractivity contribution in [3.05, 3.63) is 36.0 Å². The van der Waals surface area contributed by atoms with Gasteiger partial charge in [0, 0.05) is 18.9 Å². The Morgan fingerprint density at radius 1 is 1.16 bits per heavy atom. The van der Waals surface area contributed by atoms with Gasteiger partial charge in [-0.15, -0.1) is 0 Å². The van der Waals surface area contributed by atoms with Gasteiger partial charge in [-0.1, -0.05) is 84.5 Å². The number of unbranched alkanes of at least 4 members (excludes halogenated alkanes) is 5. The number of hydrogen-bond donors (Lipinski definition) is 0. The molecule has 176 valence electrons. The lowest BCUT2D eigenvalue weighted by molar-refractivity contribution is -0.188. The zero-order valence-corrected chi connectivity index (χ0v) is 21.0. The molecule has 0 aromatic rings. The Hall–Kier alpha value is -0.910. The zero-order chi connectivity index (χ0) is 22.3. The van der Waals surface area contributed by atoms with Crippen molar-refractivity contribution in [1.29, 1.82) is 0 Å². The average molecular weight is 498 g/mol. The Balaban J connectivity index is 1.82. The molecule has 1 unspecified atom stereocenters. The van der Waals surface area contributed by atoms with E-state index in [0.29, 0.717) is 0 Å². The molecule has 2 fully saturated rings. The molecule has 5 heteroatoms. The van der Waals surface area contributed by atoms with Gasteiger partial charge >= 0.3 is 5.97 Å². The maximum Gasteiger partial charge on any atom is 0.316 e. The van der Waals surface area contributed by atoms with Gasteiger partial charge in [-0.25, -0.2) is 0 Å². The number of carbonyl (C=O) groups excluding carboxylic acids is 1. The van der Waals surface area contributed by atoms with E-state index in [4.69, 9.17) is 14.2 Å². The van der Waals surface area contributed by atoms with E-state index in [-0.39, 0.29) is 35.7 Å². The fourth-order valence-electron chi connectivity index (χ4n) is 4.18. The molecule has 1 saturated heterocycles. The van der Waals surface area contributed by atoms with Gasteiger partial charge < -0.3 is 14.2 Å². The van der Waals surface area contributed by atoms with Crippen LogP contribution in [0.5, 0.6) is 0 Å². The van der Waals surface area contributed by atoms with Crippen LogP contribution in [0.1, 0.15) is 84.5 Å². The Morgan fingerprint density at radius 3 is 2.74 bits per heavy atom. The number of alkyl halides is 1. The van der Waals surface area contributed by atoms with E-state index in [2.05, 4.69) is 60.2 Å². The van der Waals surface area contributed by atoms with Crippen molar-refractivity contribution in [2.24, 2.45) is 5.92 Å². The minimum Gasteiger partial charge on any atom is -0.461 e. The molecule has 0 N–H and O–H groups in total. The monoisotopic (exact) mass is 496 g/mol. The summed E-state index contributed by atoms with van der Waals surface area (Å²) in [6.45, 7) is 5.14. The van der Waals surface area contributed by atoms with E-state index in [0.717, 1.165) is 45.1 Å². The van der Waals surface area contributed by atoms with Crippen LogP contribution >= 0.6 is 15.9 Å². The molecule has 0 spiro atoms. The number of rotatable bonds is 13. The molecule has 0 amide bonds. The zero-order valence-electron chi connectivity index (χ0n) is 19.4. The molecule has 1 aliphatic carbocycles. The van der Waals surface area contributed by atoms with Gasteiger partial charge in [-0.05, 0) is 45.4 Å². The second-order valence-corrected chi connectivity index (χ2v) is 9.31. The highest BCUT2D eigenvalue weighted by molar-refractivity contribution is 9.09. The number of hydrogen-bond acceptors (Lipinski definition) is 4. The first-order valence-electron chi connectivity index (χ1n) is 12.2. The number of ether oxygens (including phenoxy) is 3. The summed E-state index contributed by atoms with van der Waals surface area (Å²) in [6.07, 6.45) is 23.3. The normalized spacial score (nSPS) is 27.4. The van der Waals surface area contributed by atoms with Crippen molar-refractivity contribution in [3.8, 4) is 0 Å². The summed E-state index contributed by atoms with van der Waals surface area (Å²) in [6, 6.07) is 0. The summed E-state index contributed by atoms with van der Waals surface area (Å²) in [5.41, 5.74) is 1.20. The topological polar surface area (TPSA) is 44.8 Å². The summed E-state index contributed by atoms with van der Waals surface area (Å²) in [4.78, 5) is 11.9. The lowest BCUT2D eigenvalue weighted by atomic mass is 10.0. The van der Waals surface area contributed by atoms with E-state index in [1.165, 1.54) is 37.7 Å². The first kappa shape index (κ1) is 26.3. The first-order chi connectivity index (χ1) is 15.1. The van der Waals surface area contributed by atoms with Gasteiger partial charge in [0.1, 0.15) is 11.4 Å². The van der Waals surface area contributed by atoms with E-state index in [1.54, 1.807) is 0 Å². The predicted molar refractivity (Wildman–Crippen MR) is 130 cm³/mol. The summed E-state index contributed by atoms with van der Waals surface area (Å²) >= 11 is 3.20. The Morgan fingerprint density at radius 2 is 2.00 bits per heavy atom. The molecule has 2 rings (SSSR count). The van der Waals surface area contributed by atoms with Gasteiger partial charge in [0.15, 0.2) is 6.29 Å². The number of esters is 1. The van der Waals surface area contributed by atoms with Crippen molar-refractivity contribution >= 4 is 21.9 Å². The van der Waals surface area contributed by atoms with Crippen molar-refractivity contribution < 1.29 is 19.0 Å². The highest BCUT2D eigenvalue weighted by Crippen LogP contribution is 2.34. The van der Waals surface area contributed by atoms with Gasteiger partial charge in [0.25, 0.3) is 0 Å². The highest BCUT2D eigenvalue weighted by atomic mass is 79.9. The Labute approximate surface area is 197 Å². The second kappa shape index (κ2) is 15.8. The molecular formula is C26H41BrO4. The molecule has 1 heterocycles. The number of allylic oxidation sites excluding steroid dienone is 5. The van der Waals surface area contributed by atoms with Crippen molar-refractivity contribution in [3.63, 3.8) is 0 Å².